The van der Waals surface area contributed by atoms with Gasteiger partial charge in [-0.3, -0.25) is 0 Å². The van der Waals surface area contributed by atoms with Crippen LogP contribution in [-0.4, -0.2) is 19.6 Å². The van der Waals surface area contributed by atoms with Gasteiger partial charge in [0.2, 0.25) is 0 Å². The van der Waals surface area contributed by atoms with Gasteiger partial charge in [-0.15, -0.1) is 0 Å². The summed E-state index contributed by atoms with van der Waals surface area (Å²) in [7, 11) is 0. The molecular weight excluding hydrogens is 258 g/mol. The highest BCUT2D eigenvalue weighted by Gasteiger charge is 2.08. The van der Waals surface area contributed by atoms with Gasteiger partial charge in [-0.1, -0.05) is 18.2 Å². The van der Waals surface area contributed by atoms with Crippen LogP contribution in [0.3, 0.4) is 0 Å². The predicted molar refractivity (Wildman–Crippen MR) is 79.2 cm³/mol. The highest BCUT2D eigenvalue weighted by atomic mass is 19.1. The van der Waals surface area contributed by atoms with Crippen LogP contribution >= 0.6 is 0 Å². The minimum atomic E-state index is -0.267. The van der Waals surface area contributed by atoms with Gasteiger partial charge >= 0.3 is 0 Å². The first-order valence-corrected chi connectivity index (χ1v) is 6.69. The summed E-state index contributed by atoms with van der Waals surface area (Å²) in [5.74, 6) is -0.489. The Morgan fingerprint density at radius 2 is 1.85 bits per heavy atom. The zero-order chi connectivity index (χ0) is 14.4. The zero-order valence-corrected chi connectivity index (χ0v) is 11.4. The van der Waals surface area contributed by atoms with Crippen LogP contribution in [0.25, 0.3) is 0 Å². The highest BCUT2D eigenvalue weighted by molar-refractivity contribution is 5.48. The molecule has 2 aromatic rings. The summed E-state index contributed by atoms with van der Waals surface area (Å²) in [5, 5.41) is 3.14. The number of benzene rings is 2. The molecule has 2 aromatic carbocycles. The molecule has 0 aliphatic rings. The monoisotopic (exact) mass is 276 g/mol. The lowest BCUT2D eigenvalue weighted by atomic mass is 10.2. The molecule has 0 fully saturated rings. The number of halogens is 2. The SMILES string of the molecule is CCN(CCNc1cccc(F)c1)c1ccccc1F. The van der Waals surface area contributed by atoms with Gasteiger partial charge in [-0.2, -0.15) is 0 Å². The molecule has 4 heteroatoms. The van der Waals surface area contributed by atoms with Crippen molar-refractivity contribution in [3.63, 3.8) is 0 Å². The van der Waals surface area contributed by atoms with Gasteiger partial charge in [0.05, 0.1) is 5.69 Å². The van der Waals surface area contributed by atoms with Crippen molar-refractivity contribution >= 4 is 11.4 Å². The van der Waals surface area contributed by atoms with Gasteiger partial charge < -0.3 is 10.2 Å². The second-order valence-electron chi connectivity index (χ2n) is 4.47. The largest absolute Gasteiger partial charge is 0.383 e. The predicted octanol–water partition coefficient (Wildman–Crippen LogP) is 3.90. The molecule has 1 N–H and O–H groups in total. The van der Waals surface area contributed by atoms with E-state index < -0.39 is 0 Å². The average molecular weight is 276 g/mol. The van der Waals surface area contributed by atoms with E-state index in [4.69, 9.17) is 0 Å². The van der Waals surface area contributed by atoms with E-state index in [1.807, 2.05) is 24.0 Å². The van der Waals surface area contributed by atoms with E-state index in [1.54, 1.807) is 18.2 Å². The van der Waals surface area contributed by atoms with Crippen LogP contribution in [0.1, 0.15) is 6.92 Å². The molecule has 0 bridgehead atoms. The maximum absolute atomic E-state index is 13.7. The quantitative estimate of drug-likeness (QED) is 0.860. The fourth-order valence-corrected chi connectivity index (χ4v) is 2.09. The fourth-order valence-electron chi connectivity index (χ4n) is 2.09. The van der Waals surface area contributed by atoms with Crippen molar-refractivity contribution in [1.29, 1.82) is 0 Å². The molecule has 20 heavy (non-hydrogen) atoms. The Hall–Kier alpha value is -2.10. The number of anilines is 2. The summed E-state index contributed by atoms with van der Waals surface area (Å²) in [6.07, 6.45) is 0. The highest BCUT2D eigenvalue weighted by Crippen LogP contribution is 2.18. The third-order valence-corrected chi connectivity index (χ3v) is 3.11. The van der Waals surface area contributed by atoms with Gasteiger partial charge in [0.1, 0.15) is 11.6 Å². The first kappa shape index (κ1) is 14.3. The normalized spacial score (nSPS) is 10.3. The topological polar surface area (TPSA) is 15.3 Å². The number of nitrogens with zero attached hydrogens (tertiary/aromatic N) is 1. The lowest BCUT2D eigenvalue weighted by Gasteiger charge is -2.24. The van der Waals surface area contributed by atoms with Gasteiger partial charge in [0.25, 0.3) is 0 Å². The molecule has 0 unspecified atom stereocenters. The average Bonchev–Trinajstić information content (AvgIpc) is 2.45. The summed E-state index contributed by atoms with van der Waals surface area (Å²) in [4.78, 5) is 1.95. The number of nitrogens with one attached hydrogen (secondary N) is 1. The van der Waals surface area contributed by atoms with Crippen molar-refractivity contribution in [2.24, 2.45) is 0 Å². The number of rotatable bonds is 6. The van der Waals surface area contributed by atoms with E-state index in [2.05, 4.69) is 5.32 Å². The van der Waals surface area contributed by atoms with Crippen LogP contribution in [-0.2, 0) is 0 Å². The Bertz CT molecular complexity index is 558. The van der Waals surface area contributed by atoms with Gasteiger partial charge in [0, 0.05) is 25.3 Å². The van der Waals surface area contributed by atoms with Crippen LogP contribution in [0.15, 0.2) is 48.5 Å². The molecule has 0 radical (unpaired) electrons. The van der Waals surface area contributed by atoms with Crippen molar-refractivity contribution in [3.05, 3.63) is 60.2 Å². The van der Waals surface area contributed by atoms with Crippen LogP contribution in [0.2, 0.25) is 0 Å². The number of hydrogen-bond acceptors (Lipinski definition) is 2. The minimum absolute atomic E-state index is 0.222. The molecule has 2 rings (SSSR count). The van der Waals surface area contributed by atoms with E-state index >= 15 is 0 Å². The lowest BCUT2D eigenvalue weighted by Crippen LogP contribution is -2.29. The number of likely N-dealkylation sites (N-methyl/N-ethyl adjacent to an activating group) is 1. The summed E-state index contributed by atoms with van der Waals surface area (Å²) >= 11 is 0. The Morgan fingerprint density at radius 3 is 2.55 bits per heavy atom. The molecule has 0 aromatic heterocycles. The Labute approximate surface area is 118 Å². The molecule has 0 saturated heterocycles. The smallest absolute Gasteiger partial charge is 0.146 e. The van der Waals surface area contributed by atoms with E-state index in [1.165, 1.54) is 18.2 Å². The standard InChI is InChI=1S/C16H18F2N2/c1-2-20(16-9-4-3-8-15(16)18)11-10-19-14-7-5-6-13(17)12-14/h3-9,12,19H,2,10-11H2,1H3. The summed E-state index contributed by atoms with van der Waals surface area (Å²) in [5.41, 5.74) is 1.32. The first-order chi connectivity index (χ1) is 9.70. The maximum Gasteiger partial charge on any atom is 0.146 e. The third-order valence-electron chi connectivity index (χ3n) is 3.11. The van der Waals surface area contributed by atoms with Gasteiger partial charge in [-0.25, -0.2) is 8.78 Å². The molecule has 106 valence electrons. The summed E-state index contributed by atoms with van der Waals surface area (Å²) in [6.45, 7) is 3.96. The fraction of sp³-hybridized carbons (Fsp3) is 0.250. The Kier molecular flexibility index (Phi) is 4.93. The molecule has 2 nitrogen and oxygen atoms in total. The van der Waals surface area contributed by atoms with Crippen LogP contribution < -0.4 is 10.2 Å². The van der Waals surface area contributed by atoms with E-state index in [9.17, 15) is 8.78 Å². The van der Waals surface area contributed by atoms with Crippen molar-refractivity contribution in [1.82, 2.24) is 0 Å². The molecule has 0 amide bonds. The second kappa shape index (κ2) is 6.89. The Balaban J connectivity index is 1.93. The molecule has 0 saturated carbocycles. The van der Waals surface area contributed by atoms with E-state index in [0.29, 0.717) is 25.3 Å². The molecule has 0 aliphatic carbocycles. The molecule has 0 atom stereocenters. The van der Waals surface area contributed by atoms with Crippen LogP contribution in [0, 0.1) is 11.6 Å². The van der Waals surface area contributed by atoms with Crippen molar-refractivity contribution < 1.29 is 8.78 Å². The first-order valence-electron chi connectivity index (χ1n) is 6.69. The van der Waals surface area contributed by atoms with E-state index in [-0.39, 0.29) is 11.6 Å². The molecular formula is C16H18F2N2. The molecule has 0 spiro atoms. The summed E-state index contributed by atoms with van der Waals surface area (Å²) < 4.78 is 26.8. The zero-order valence-electron chi connectivity index (χ0n) is 11.4. The lowest BCUT2D eigenvalue weighted by molar-refractivity contribution is 0.619. The molecule has 0 heterocycles. The van der Waals surface area contributed by atoms with Crippen molar-refractivity contribution in [2.45, 2.75) is 6.92 Å². The minimum Gasteiger partial charge on any atom is -0.383 e. The van der Waals surface area contributed by atoms with Gasteiger partial charge in [-0.05, 0) is 37.3 Å². The molecule has 0 aliphatic heterocycles. The third kappa shape index (κ3) is 3.70. The van der Waals surface area contributed by atoms with E-state index in [0.717, 1.165) is 5.69 Å². The van der Waals surface area contributed by atoms with Gasteiger partial charge in [0.15, 0.2) is 0 Å². The number of para-hydroxylation sites is 1. The van der Waals surface area contributed by atoms with Crippen LogP contribution in [0.4, 0.5) is 20.2 Å². The summed E-state index contributed by atoms with van der Waals surface area (Å²) in [6, 6.07) is 13.0. The maximum atomic E-state index is 13.7. The van der Waals surface area contributed by atoms with Crippen LogP contribution in [0.5, 0.6) is 0 Å². The number of hydrogen-bond donors (Lipinski definition) is 1. The van der Waals surface area contributed by atoms with Crippen molar-refractivity contribution in [2.75, 3.05) is 29.9 Å². The Morgan fingerprint density at radius 1 is 1.05 bits per heavy atom. The van der Waals surface area contributed by atoms with Crippen molar-refractivity contribution in [3.8, 4) is 0 Å². The second-order valence-corrected chi connectivity index (χ2v) is 4.47.